The number of hydrogen-bond donors (Lipinski definition) is 2. The number of hydrogen-bond acceptors (Lipinski definition) is 5. The second-order valence-electron chi connectivity index (χ2n) is 3.53. The summed E-state index contributed by atoms with van der Waals surface area (Å²) >= 11 is 1.20. The summed E-state index contributed by atoms with van der Waals surface area (Å²) < 4.78 is 0. The Hall–Kier alpha value is -1.60. The summed E-state index contributed by atoms with van der Waals surface area (Å²) in [5.74, 6) is 0.228. The van der Waals surface area contributed by atoms with Crippen LogP contribution in [0.5, 0.6) is 0 Å². The molecule has 7 heteroatoms. The van der Waals surface area contributed by atoms with Crippen LogP contribution in [0.15, 0.2) is 17.0 Å². The molecule has 90 valence electrons. The fraction of sp³-hybridized carbons (Fsp3) is 0.300. The van der Waals surface area contributed by atoms with Gasteiger partial charge < -0.3 is 10.4 Å². The van der Waals surface area contributed by atoms with Crippen molar-refractivity contribution in [1.82, 2.24) is 0 Å². The molecule has 2 rings (SSSR count). The number of nitro benzene ring substituents is 1. The van der Waals surface area contributed by atoms with Crippen LogP contribution in [-0.2, 0) is 11.2 Å². The zero-order chi connectivity index (χ0) is 12.4. The van der Waals surface area contributed by atoms with E-state index in [4.69, 9.17) is 5.11 Å². The van der Waals surface area contributed by atoms with Gasteiger partial charge in [-0.25, -0.2) is 0 Å². The molecule has 0 aromatic heterocycles. The van der Waals surface area contributed by atoms with Crippen molar-refractivity contribution in [2.24, 2.45) is 0 Å². The molecule has 1 aliphatic rings. The monoisotopic (exact) mass is 254 g/mol. The maximum atomic E-state index is 11.2. The van der Waals surface area contributed by atoms with Gasteiger partial charge in [0.1, 0.15) is 0 Å². The maximum Gasteiger partial charge on any atom is 0.283 e. The Morgan fingerprint density at radius 2 is 2.29 bits per heavy atom. The lowest BCUT2D eigenvalue weighted by Crippen LogP contribution is -2.03. The average molecular weight is 254 g/mol. The summed E-state index contributed by atoms with van der Waals surface area (Å²) in [5.41, 5.74) is 1.26. The lowest BCUT2D eigenvalue weighted by molar-refractivity contribution is -0.387. The van der Waals surface area contributed by atoms with E-state index in [1.54, 1.807) is 6.07 Å². The number of nitrogens with one attached hydrogen (secondary N) is 1. The van der Waals surface area contributed by atoms with E-state index in [0.29, 0.717) is 21.9 Å². The fourth-order valence-electron chi connectivity index (χ4n) is 1.66. The van der Waals surface area contributed by atoms with Crippen molar-refractivity contribution < 1.29 is 14.8 Å². The molecule has 0 saturated heterocycles. The van der Waals surface area contributed by atoms with Crippen LogP contribution in [0.3, 0.4) is 0 Å². The van der Waals surface area contributed by atoms with Crippen LogP contribution >= 0.6 is 11.8 Å². The van der Waals surface area contributed by atoms with Crippen molar-refractivity contribution in [3.05, 3.63) is 27.8 Å². The van der Waals surface area contributed by atoms with Crippen LogP contribution in [0.4, 0.5) is 11.4 Å². The number of aliphatic hydroxyl groups excluding tert-OH is 1. The zero-order valence-corrected chi connectivity index (χ0v) is 9.62. The third-order valence-electron chi connectivity index (χ3n) is 2.36. The summed E-state index contributed by atoms with van der Waals surface area (Å²) in [4.78, 5) is 22.1. The number of benzene rings is 1. The van der Waals surface area contributed by atoms with E-state index in [2.05, 4.69) is 5.32 Å². The van der Waals surface area contributed by atoms with Gasteiger partial charge in [-0.05, 0) is 11.6 Å². The summed E-state index contributed by atoms with van der Waals surface area (Å²) in [6.07, 6.45) is 0.182. The van der Waals surface area contributed by atoms with Crippen LogP contribution in [0.25, 0.3) is 0 Å². The number of aliphatic hydroxyl groups is 1. The molecule has 0 bridgehead atoms. The third-order valence-corrected chi connectivity index (χ3v) is 3.38. The van der Waals surface area contributed by atoms with Crippen molar-refractivity contribution in [3.8, 4) is 0 Å². The number of nitrogens with zero attached hydrogens (tertiary/aromatic N) is 1. The molecule has 6 nitrogen and oxygen atoms in total. The van der Waals surface area contributed by atoms with Crippen LogP contribution in [0.2, 0.25) is 0 Å². The van der Waals surface area contributed by atoms with Gasteiger partial charge in [0.05, 0.1) is 22.8 Å². The minimum Gasteiger partial charge on any atom is -0.396 e. The molecule has 1 heterocycles. The summed E-state index contributed by atoms with van der Waals surface area (Å²) in [7, 11) is 0. The highest BCUT2D eigenvalue weighted by Gasteiger charge is 2.24. The second kappa shape index (κ2) is 4.72. The first-order chi connectivity index (χ1) is 8.11. The van der Waals surface area contributed by atoms with Gasteiger partial charge in [-0.3, -0.25) is 14.9 Å². The molecule has 0 spiro atoms. The topological polar surface area (TPSA) is 92.5 Å². The Bertz CT molecular complexity index is 489. The molecule has 0 atom stereocenters. The van der Waals surface area contributed by atoms with Crippen molar-refractivity contribution >= 4 is 29.0 Å². The fourth-order valence-corrected chi connectivity index (χ4v) is 2.45. The normalized spacial score (nSPS) is 13.4. The van der Waals surface area contributed by atoms with Crippen LogP contribution in [0.1, 0.15) is 5.56 Å². The van der Waals surface area contributed by atoms with Crippen molar-refractivity contribution in [2.45, 2.75) is 11.3 Å². The van der Waals surface area contributed by atoms with Crippen molar-refractivity contribution in [2.75, 3.05) is 17.7 Å². The molecule has 17 heavy (non-hydrogen) atoms. The van der Waals surface area contributed by atoms with E-state index in [1.807, 2.05) is 0 Å². The molecular weight excluding hydrogens is 244 g/mol. The average Bonchev–Trinajstić information content (AvgIpc) is 2.63. The van der Waals surface area contributed by atoms with E-state index in [9.17, 15) is 14.9 Å². The largest absolute Gasteiger partial charge is 0.396 e. The van der Waals surface area contributed by atoms with Gasteiger partial charge in [0.25, 0.3) is 5.69 Å². The van der Waals surface area contributed by atoms with Gasteiger partial charge in [-0.15, -0.1) is 11.8 Å². The minimum absolute atomic E-state index is 0.0151. The van der Waals surface area contributed by atoms with E-state index >= 15 is 0 Å². The molecule has 0 unspecified atom stereocenters. The lowest BCUT2D eigenvalue weighted by Gasteiger charge is -2.05. The molecule has 1 amide bonds. The smallest absolute Gasteiger partial charge is 0.283 e. The molecule has 2 N–H and O–H groups in total. The van der Waals surface area contributed by atoms with E-state index in [-0.39, 0.29) is 24.6 Å². The number of carbonyl (C=O) groups excluding carboxylic acids is 1. The number of nitro groups is 1. The molecular formula is C10H10N2O4S. The standard InChI is InChI=1S/C10H10N2O4S/c13-1-2-17-9-5-7-6(4-10(14)11-7)3-8(9)12(15)16/h3,5,13H,1-2,4H2,(H,11,14). The summed E-state index contributed by atoms with van der Waals surface area (Å²) in [6, 6.07) is 3.02. The maximum absolute atomic E-state index is 11.2. The molecule has 1 aromatic rings. The van der Waals surface area contributed by atoms with E-state index < -0.39 is 4.92 Å². The Labute approximate surface area is 101 Å². The number of anilines is 1. The Morgan fingerprint density at radius 1 is 1.53 bits per heavy atom. The second-order valence-corrected chi connectivity index (χ2v) is 4.67. The summed E-state index contributed by atoms with van der Waals surface area (Å²) in [6.45, 7) is -0.0503. The first kappa shape index (κ1) is 11.9. The number of amides is 1. The molecule has 0 radical (unpaired) electrons. The molecule has 1 aliphatic heterocycles. The third kappa shape index (κ3) is 2.40. The number of fused-ring (bicyclic) bond motifs is 1. The predicted molar refractivity (Wildman–Crippen MR) is 63.2 cm³/mol. The van der Waals surface area contributed by atoms with Gasteiger partial charge in [0.15, 0.2) is 0 Å². The number of carbonyl (C=O) groups is 1. The van der Waals surface area contributed by atoms with E-state index in [0.717, 1.165) is 0 Å². The van der Waals surface area contributed by atoms with Gasteiger partial charge in [-0.1, -0.05) is 0 Å². The molecule has 0 fully saturated rings. The van der Waals surface area contributed by atoms with Crippen molar-refractivity contribution in [1.29, 1.82) is 0 Å². The van der Waals surface area contributed by atoms with Gasteiger partial charge in [-0.2, -0.15) is 0 Å². The minimum atomic E-state index is -0.469. The van der Waals surface area contributed by atoms with Crippen LogP contribution in [-0.4, -0.2) is 28.3 Å². The highest BCUT2D eigenvalue weighted by molar-refractivity contribution is 7.99. The summed E-state index contributed by atoms with van der Waals surface area (Å²) in [5, 5.41) is 22.3. The van der Waals surface area contributed by atoms with E-state index in [1.165, 1.54) is 17.8 Å². The Balaban J connectivity index is 2.40. The molecule has 0 saturated carbocycles. The number of thioether (sulfide) groups is 1. The first-order valence-electron chi connectivity index (χ1n) is 4.96. The first-order valence-corrected chi connectivity index (χ1v) is 5.95. The predicted octanol–water partition coefficient (Wildman–Crippen LogP) is 1.17. The SMILES string of the molecule is O=C1Cc2cc([N+](=O)[O-])c(SCCO)cc2N1. The Kier molecular flexibility index (Phi) is 3.30. The van der Waals surface area contributed by atoms with Gasteiger partial charge >= 0.3 is 0 Å². The lowest BCUT2D eigenvalue weighted by atomic mass is 10.1. The van der Waals surface area contributed by atoms with Crippen LogP contribution in [0, 0.1) is 10.1 Å². The number of rotatable bonds is 4. The molecule has 1 aromatic carbocycles. The van der Waals surface area contributed by atoms with Gasteiger partial charge in [0, 0.05) is 17.5 Å². The molecule has 0 aliphatic carbocycles. The van der Waals surface area contributed by atoms with Crippen LogP contribution < -0.4 is 5.32 Å². The quantitative estimate of drug-likeness (QED) is 0.478. The van der Waals surface area contributed by atoms with Gasteiger partial charge in [0.2, 0.25) is 5.91 Å². The Morgan fingerprint density at radius 3 is 2.94 bits per heavy atom. The zero-order valence-electron chi connectivity index (χ0n) is 8.80. The van der Waals surface area contributed by atoms with Crippen molar-refractivity contribution in [3.63, 3.8) is 0 Å². The highest BCUT2D eigenvalue weighted by Crippen LogP contribution is 2.36. The highest BCUT2D eigenvalue weighted by atomic mass is 32.2.